The Morgan fingerprint density at radius 1 is 1.24 bits per heavy atom. The molecule has 1 aliphatic carbocycles. The lowest BCUT2D eigenvalue weighted by Crippen LogP contribution is -2.23. The topological polar surface area (TPSA) is 63.8 Å². The first-order chi connectivity index (χ1) is 7.71. The summed E-state index contributed by atoms with van der Waals surface area (Å²) in [6.07, 6.45) is 2.39. The number of nitrogens with zero attached hydrogens (tertiary/aromatic N) is 2. The molecule has 0 saturated heterocycles. The van der Waals surface area contributed by atoms with Crippen molar-refractivity contribution in [2.45, 2.75) is 58.4 Å². The minimum Gasteiger partial charge on any atom is -0.383 e. The van der Waals surface area contributed by atoms with Gasteiger partial charge in [0.15, 0.2) is 0 Å². The molecule has 17 heavy (non-hydrogen) atoms. The molecule has 0 aromatic carbocycles. The quantitative estimate of drug-likeness (QED) is 0.825. The van der Waals surface area contributed by atoms with E-state index in [1.807, 2.05) is 6.92 Å². The van der Waals surface area contributed by atoms with Gasteiger partial charge in [-0.05, 0) is 26.7 Å². The van der Waals surface area contributed by atoms with Crippen molar-refractivity contribution in [3.8, 4) is 0 Å². The van der Waals surface area contributed by atoms with Gasteiger partial charge in [0.1, 0.15) is 17.5 Å². The Morgan fingerprint density at radius 2 is 1.82 bits per heavy atom. The normalized spacial score (nSPS) is 17.9. The Morgan fingerprint density at radius 3 is 2.29 bits per heavy atom. The summed E-state index contributed by atoms with van der Waals surface area (Å²) in [5.41, 5.74) is 7.04. The summed E-state index contributed by atoms with van der Waals surface area (Å²) >= 11 is 0. The highest BCUT2D eigenvalue weighted by Gasteiger charge is 2.38. The van der Waals surface area contributed by atoms with E-state index >= 15 is 0 Å². The van der Waals surface area contributed by atoms with Crippen molar-refractivity contribution in [3.63, 3.8) is 0 Å². The third kappa shape index (κ3) is 2.51. The fourth-order valence-electron chi connectivity index (χ4n) is 1.59. The minimum atomic E-state index is -0.0806. The van der Waals surface area contributed by atoms with Crippen LogP contribution in [-0.2, 0) is 5.41 Å². The van der Waals surface area contributed by atoms with Crippen molar-refractivity contribution in [1.82, 2.24) is 9.97 Å². The molecule has 0 bridgehead atoms. The monoisotopic (exact) mass is 234 g/mol. The number of hydrogen-bond acceptors (Lipinski definition) is 4. The summed E-state index contributed by atoms with van der Waals surface area (Å²) in [7, 11) is 0. The Bertz CT molecular complexity index is 441. The highest BCUT2D eigenvalue weighted by Crippen LogP contribution is 2.39. The van der Waals surface area contributed by atoms with Gasteiger partial charge in [-0.3, -0.25) is 0 Å². The molecular formula is C13H22N4. The second-order valence-electron chi connectivity index (χ2n) is 6.34. The average Bonchev–Trinajstić information content (AvgIpc) is 2.89. The molecule has 0 radical (unpaired) electrons. The Kier molecular flexibility index (Phi) is 2.56. The van der Waals surface area contributed by atoms with Crippen molar-refractivity contribution < 1.29 is 0 Å². The Hall–Kier alpha value is -1.32. The highest BCUT2D eigenvalue weighted by atomic mass is 15.1. The minimum absolute atomic E-state index is 0.0806. The molecule has 4 heteroatoms. The number of hydrogen-bond donors (Lipinski definition) is 2. The lowest BCUT2D eigenvalue weighted by molar-refractivity contribution is 0.545. The summed E-state index contributed by atoms with van der Waals surface area (Å²) in [5, 5.41) is 3.48. The van der Waals surface area contributed by atoms with Crippen molar-refractivity contribution in [3.05, 3.63) is 11.4 Å². The number of nitrogens with one attached hydrogen (secondary N) is 1. The molecule has 1 aromatic rings. The van der Waals surface area contributed by atoms with E-state index < -0.39 is 0 Å². The van der Waals surface area contributed by atoms with Crippen LogP contribution in [0.5, 0.6) is 0 Å². The lowest BCUT2D eigenvalue weighted by atomic mass is 9.95. The largest absolute Gasteiger partial charge is 0.383 e. The van der Waals surface area contributed by atoms with Crippen LogP contribution in [0.15, 0.2) is 0 Å². The zero-order chi connectivity index (χ0) is 12.8. The van der Waals surface area contributed by atoms with E-state index in [1.165, 1.54) is 12.8 Å². The van der Waals surface area contributed by atoms with Gasteiger partial charge in [-0.1, -0.05) is 20.8 Å². The van der Waals surface area contributed by atoms with E-state index in [-0.39, 0.29) is 11.0 Å². The number of anilines is 2. The van der Waals surface area contributed by atoms with Gasteiger partial charge in [-0.25, -0.2) is 9.97 Å². The third-order valence-corrected chi connectivity index (χ3v) is 3.27. The molecule has 4 nitrogen and oxygen atoms in total. The lowest BCUT2D eigenvalue weighted by Gasteiger charge is -2.21. The highest BCUT2D eigenvalue weighted by molar-refractivity contribution is 5.57. The molecule has 0 atom stereocenters. The van der Waals surface area contributed by atoms with Crippen LogP contribution in [0.1, 0.15) is 51.9 Å². The van der Waals surface area contributed by atoms with E-state index in [0.29, 0.717) is 5.82 Å². The molecule has 1 aromatic heterocycles. The predicted octanol–water partition coefficient (Wildman–Crippen LogP) is 2.63. The summed E-state index contributed by atoms with van der Waals surface area (Å²) < 4.78 is 0. The van der Waals surface area contributed by atoms with Crippen molar-refractivity contribution in [2.75, 3.05) is 11.1 Å². The van der Waals surface area contributed by atoms with Gasteiger partial charge in [-0.15, -0.1) is 0 Å². The maximum atomic E-state index is 5.97. The van der Waals surface area contributed by atoms with Gasteiger partial charge in [0, 0.05) is 16.5 Å². The SMILES string of the molecule is Cc1c(N)nc(C(C)(C)C)nc1NC1(C)CC1. The fraction of sp³-hybridized carbons (Fsp3) is 0.692. The van der Waals surface area contributed by atoms with Crippen molar-refractivity contribution in [2.24, 2.45) is 0 Å². The van der Waals surface area contributed by atoms with E-state index in [4.69, 9.17) is 5.73 Å². The number of rotatable bonds is 2. The van der Waals surface area contributed by atoms with Crippen LogP contribution in [0.3, 0.4) is 0 Å². The Labute approximate surface area is 103 Å². The molecule has 2 rings (SSSR count). The first-order valence-electron chi connectivity index (χ1n) is 6.14. The van der Waals surface area contributed by atoms with E-state index in [1.54, 1.807) is 0 Å². The van der Waals surface area contributed by atoms with Crippen LogP contribution in [0.25, 0.3) is 0 Å². The van der Waals surface area contributed by atoms with Gasteiger partial charge < -0.3 is 11.1 Å². The van der Waals surface area contributed by atoms with Gasteiger partial charge >= 0.3 is 0 Å². The van der Waals surface area contributed by atoms with Crippen LogP contribution >= 0.6 is 0 Å². The van der Waals surface area contributed by atoms with Crippen LogP contribution in [0.4, 0.5) is 11.6 Å². The predicted molar refractivity (Wildman–Crippen MR) is 71.1 cm³/mol. The van der Waals surface area contributed by atoms with Crippen molar-refractivity contribution >= 4 is 11.6 Å². The first kappa shape index (κ1) is 12.1. The molecule has 1 fully saturated rings. The molecule has 1 aliphatic rings. The number of nitrogen functional groups attached to an aromatic ring is 1. The van der Waals surface area contributed by atoms with Crippen LogP contribution in [0.2, 0.25) is 0 Å². The molecule has 0 aliphatic heterocycles. The molecule has 1 saturated carbocycles. The van der Waals surface area contributed by atoms with E-state index in [0.717, 1.165) is 17.2 Å². The number of nitrogens with two attached hydrogens (primary N) is 1. The summed E-state index contributed by atoms with van der Waals surface area (Å²) in [6.45, 7) is 10.5. The van der Waals surface area contributed by atoms with Crippen LogP contribution in [-0.4, -0.2) is 15.5 Å². The van der Waals surface area contributed by atoms with Gasteiger partial charge in [0.05, 0.1) is 0 Å². The summed E-state index contributed by atoms with van der Waals surface area (Å²) in [5.74, 6) is 2.27. The van der Waals surface area contributed by atoms with Crippen LogP contribution < -0.4 is 11.1 Å². The zero-order valence-electron chi connectivity index (χ0n) is 11.4. The smallest absolute Gasteiger partial charge is 0.138 e. The second kappa shape index (κ2) is 3.59. The van der Waals surface area contributed by atoms with Crippen LogP contribution in [0, 0.1) is 6.92 Å². The van der Waals surface area contributed by atoms with Gasteiger partial charge in [0.2, 0.25) is 0 Å². The zero-order valence-corrected chi connectivity index (χ0v) is 11.4. The third-order valence-electron chi connectivity index (χ3n) is 3.27. The number of aromatic nitrogens is 2. The summed E-state index contributed by atoms with van der Waals surface area (Å²) in [4.78, 5) is 9.01. The molecule has 0 unspecified atom stereocenters. The standard InChI is InChI=1S/C13H22N4/c1-8-9(14)15-11(12(2,3)4)16-10(8)17-13(5)6-7-13/h6-7H2,1-5H3,(H3,14,15,16,17). The summed E-state index contributed by atoms with van der Waals surface area (Å²) in [6, 6.07) is 0. The second-order valence-corrected chi connectivity index (χ2v) is 6.34. The first-order valence-corrected chi connectivity index (χ1v) is 6.14. The maximum Gasteiger partial charge on any atom is 0.138 e. The van der Waals surface area contributed by atoms with Gasteiger partial charge in [0.25, 0.3) is 0 Å². The van der Waals surface area contributed by atoms with E-state index in [2.05, 4.69) is 43.0 Å². The molecule has 1 heterocycles. The van der Waals surface area contributed by atoms with E-state index in [9.17, 15) is 0 Å². The molecule has 0 amide bonds. The Balaban J connectivity index is 2.39. The molecule has 94 valence electrons. The van der Waals surface area contributed by atoms with Gasteiger partial charge in [-0.2, -0.15) is 0 Å². The average molecular weight is 234 g/mol. The maximum absolute atomic E-state index is 5.97. The van der Waals surface area contributed by atoms with Crippen molar-refractivity contribution in [1.29, 1.82) is 0 Å². The fourth-order valence-corrected chi connectivity index (χ4v) is 1.59. The molecule has 3 N–H and O–H groups in total. The molecular weight excluding hydrogens is 212 g/mol. The molecule has 0 spiro atoms.